The average molecular weight is 609 g/mol. The van der Waals surface area contributed by atoms with Crippen molar-refractivity contribution in [1.29, 1.82) is 0 Å². The Morgan fingerprint density at radius 1 is 1.20 bits per heavy atom. The van der Waals surface area contributed by atoms with Crippen LogP contribution in [0.5, 0.6) is 0 Å². The van der Waals surface area contributed by atoms with Gasteiger partial charge < -0.3 is 29.0 Å². The van der Waals surface area contributed by atoms with Gasteiger partial charge in [-0.15, -0.1) is 10.2 Å². The third-order valence-electron chi connectivity index (χ3n) is 7.60. The van der Waals surface area contributed by atoms with Crippen molar-refractivity contribution in [2.45, 2.75) is 94.7 Å². The molecular weight excluding hydrogens is 568 g/mol. The van der Waals surface area contributed by atoms with Crippen LogP contribution in [0.1, 0.15) is 60.3 Å². The van der Waals surface area contributed by atoms with Gasteiger partial charge in [0.15, 0.2) is 23.8 Å². The summed E-state index contributed by atoms with van der Waals surface area (Å²) < 4.78 is 50.2. The maximum absolute atomic E-state index is 13.1. The number of aromatic nitrogens is 2. The molecule has 3 heterocycles. The summed E-state index contributed by atoms with van der Waals surface area (Å²) in [7, 11) is -6.03. The predicted octanol–water partition coefficient (Wildman–Crippen LogP) is 4.38. The molecule has 1 aromatic heterocycles. The van der Waals surface area contributed by atoms with Crippen molar-refractivity contribution in [2.24, 2.45) is 0 Å². The highest BCUT2D eigenvalue weighted by Gasteiger charge is 2.46. The molecule has 2 aliphatic rings. The molecule has 0 aliphatic carbocycles. The Morgan fingerprint density at radius 3 is 2.51 bits per heavy atom. The topological polar surface area (TPSA) is 159 Å². The molecule has 12 nitrogen and oxygen atoms in total. The Bertz CT molecular complexity index is 1420. The number of fused-ring (bicyclic) bond motifs is 1. The number of nitrogens with one attached hydrogen (secondary N) is 2. The lowest BCUT2D eigenvalue weighted by Crippen LogP contribution is -2.48. The maximum Gasteiger partial charge on any atom is 0.408 e. The Labute approximate surface area is 242 Å². The average Bonchev–Trinajstić information content (AvgIpc) is 3.49. The van der Waals surface area contributed by atoms with Gasteiger partial charge >= 0.3 is 6.09 Å². The van der Waals surface area contributed by atoms with Gasteiger partial charge in [0.2, 0.25) is 11.8 Å². The van der Waals surface area contributed by atoms with E-state index in [2.05, 4.69) is 54.7 Å². The SMILES string of the molecule is CC(C)(C)OC(=O)N[C@H]1CS(=O)(=O)c2ccc(-c3nnc(C4(CO[Si](C)(C)C(C)(C)C)CCCO4)o3)cc2NC1=O. The van der Waals surface area contributed by atoms with Gasteiger partial charge in [0.25, 0.3) is 5.89 Å². The summed E-state index contributed by atoms with van der Waals surface area (Å²) >= 11 is 0. The minimum absolute atomic E-state index is 0.0147. The highest BCUT2D eigenvalue weighted by molar-refractivity contribution is 7.91. The van der Waals surface area contributed by atoms with E-state index in [0.29, 0.717) is 18.6 Å². The minimum Gasteiger partial charge on any atom is -0.444 e. The van der Waals surface area contributed by atoms with Gasteiger partial charge in [-0.2, -0.15) is 0 Å². The highest BCUT2D eigenvalue weighted by Crippen LogP contribution is 2.42. The van der Waals surface area contributed by atoms with Crippen LogP contribution in [0.3, 0.4) is 0 Å². The number of hydrogen-bond acceptors (Lipinski definition) is 10. The van der Waals surface area contributed by atoms with Crippen LogP contribution in [0.25, 0.3) is 11.5 Å². The van der Waals surface area contributed by atoms with Crippen molar-refractivity contribution in [3.05, 3.63) is 24.1 Å². The standard InChI is InChI=1S/C27H40N4O8SSi/c1-25(2,3)39-24(33)29-19-15-40(34,35)20-11-10-17(14-18(20)28-21(19)32)22-30-31-23(38-22)27(12-9-13-36-27)16-37-41(7,8)26(4,5)6/h10-11,14,19H,9,12-13,15-16H2,1-8H3,(H,28,32)(H,29,33)/t19-,27?/m0/s1. The van der Waals surface area contributed by atoms with Crippen LogP contribution >= 0.6 is 0 Å². The first kappa shape index (κ1) is 31.1. The summed E-state index contributed by atoms with van der Waals surface area (Å²) in [6.07, 6.45) is 0.589. The molecule has 4 rings (SSSR count). The van der Waals surface area contributed by atoms with Crippen molar-refractivity contribution >= 4 is 35.8 Å². The molecule has 0 spiro atoms. The summed E-state index contributed by atoms with van der Waals surface area (Å²) in [5.41, 5.74) is -1.22. The normalized spacial score (nSPS) is 22.9. The molecular formula is C27H40N4O8SSi. The molecule has 1 aromatic carbocycles. The highest BCUT2D eigenvalue weighted by atomic mass is 32.2. The van der Waals surface area contributed by atoms with Gasteiger partial charge in [-0.25, -0.2) is 13.2 Å². The number of nitrogens with zero attached hydrogens (tertiary/aromatic N) is 2. The molecule has 14 heteroatoms. The van der Waals surface area contributed by atoms with Crippen molar-refractivity contribution in [3.63, 3.8) is 0 Å². The number of hydrogen-bond donors (Lipinski definition) is 2. The first-order valence-corrected chi connectivity index (χ1v) is 18.2. The molecule has 1 fully saturated rings. The smallest absolute Gasteiger partial charge is 0.408 e. The van der Waals surface area contributed by atoms with Crippen LogP contribution in [0.2, 0.25) is 18.1 Å². The lowest BCUT2D eigenvalue weighted by atomic mass is 10.0. The Balaban J connectivity index is 1.58. The fourth-order valence-corrected chi connectivity index (χ4v) is 6.87. The summed E-state index contributed by atoms with van der Waals surface area (Å²) in [6, 6.07) is 3.03. The molecule has 226 valence electrons. The summed E-state index contributed by atoms with van der Waals surface area (Å²) in [5.74, 6) is -0.882. The second-order valence-electron chi connectivity index (χ2n) is 13.1. The van der Waals surface area contributed by atoms with E-state index < -0.39 is 53.2 Å². The van der Waals surface area contributed by atoms with Gasteiger partial charge in [-0.3, -0.25) is 4.79 Å². The molecule has 2 aromatic rings. The number of anilines is 1. The van der Waals surface area contributed by atoms with E-state index in [4.69, 9.17) is 18.3 Å². The first-order valence-electron chi connectivity index (χ1n) is 13.6. The van der Waals surface area contributed by atoms with E-state index in [1.807, 2.05) is 0 Å². The lowest BCUT2D eigenvalue weighted by Gasteiger charge is -2.38. The number of ether oxygens (including phenoxy) is 2. The number of sulfone groups is 1. The van der Waals surface area contributed by atoms with Gasteiger partial charge in [-0.05, 0) is 69.9 Å². The molecule has 0 radical (unpaired) electrons. The number of benzene rings is 1. The largest absolute Gasteiger partial charge is 0.444 e. The molecule has 0 bridgehead atoms. The van der Waals surface area contributed by atoms with Gasteiger partial charge in [0.05, 0.1) is 22.9 Å². The van der Waals surface area contributed by atoms with Crippen LogP contribution in [0.15, 0.2) is 27.5 Å². The number of carbonyl (C=O) groups is 2. The summed E-state index contributed by atoms with van der Waals surface area (Å²) in [5, 5.41) is 13.5. The number of carbonyl (C=O) groups excluding carboxylic acids is 2. The second-order valence-corrected chi connectivity index (χ2v) is 19.9. The van der Waals surface area contributed by atoms with Crippen molar-refractivity contribution in [3.8, 4) is 11.5 Å². The fourth-order valence-electron chi connectivity index (χ4n) is 4.27. The number of rotatable bonds is 6. The van der Waals surface area contributed by atoms with Gasteiger partial charge in [0, 0.05) is 12.2 Å². The van der Waals surface area contributed by atoms with E-state index in [1.165, 1.54) is 18.2 Å². The zero-order chi connectivity index (χ0) is 30.4. The Kier molecular flexibility index (Phi) is 8.19. The van der Waals surface area contributed by atoms with Crippen molar-refractivity contribution in [1.82, 2.24) is 15.5 Å². The van der Waals surface area contributed by atoms with Crippen molar-refractivity contribution < 1.29 is 36.3 Å². The molecule has 0 saturated carbocycles. The number of alkyl carbamates (subject to hydrolysis) is 1. The molecule has 2 N–H and O–H groups in total. The molecule has 2 aliphatic heterocycles. The third kappa shape index (κ3) is 6.82. The molecule has 1 unspecified atom stereocenters. The van der Waals surface area contributed by atoms with E-state index in [-0.39, 0.29) is 34.0 Å². The quantitative estimate of drug-likeness (QED) is 0.451. The van der Waals surface area contributed by atoms with Crippen molar-refractivity contribution in [2.75, 3.05) is 24.3 Å². The van der Waals surface area contributed by atoms with Crippen LogP contribution in [-0.4, -0.2) is 69.5 Å². The minimum atomic E-state index is -3.95. The molecule has 2 amide bonds. The molecule has 2 atom stereocenters. The second kappa shape index (κ2) is 10.8. The summed E-state index contributed by atoms with van der Waals surface area (Å²) in [4.78, 5) is 25.1. The summed E-state index contributed by atoms with van der Waals surface area (Å²) in [6.45, 7) is 16.7. The van der Waals surface area contributed by atoms with Crippen LogP contribution in [-0.2, 0) is 34.1 Å². The first-order chi connectivity index (χ1) is 18.8. The number of amides is 2. The zero-order valence-electron chi connectivity index (χ0n) is 24.9. The van der Waals surface area contributed by atoms with Gasteiger partial charge in [0.1, 0.15) is 11.6 Å². The zero-order valence-corrected chi connectivity index (χ0v) is 26.7. The van der Waals surface area contributed by atoms with Gasteiger partial charge in [-0.1, -0.05) is 20.8 Å². The maximum atomic E-state index is 13.1. The Morgan fingerprint density at radius 2 is 1.90 bits per heavy atom. The monoisotopic (exact) mass is 608 g/mol. The van der Waals surface area contributed by atoms with Crippen LogP contribution in [0.4, 0.5) is 10.5 Å². The lowest BCUT2D eigenvalue weighted by molar-refractivity contribution is -0.117. The predicted molar refractivity (Wildman–Crippen MR) is 154 cm³/mol. The van der Waals surface area contributed by atoms with E-state index in [1.54, 1.807) is 20.8 Å². The van der Waals surface area contributed by atoms with E-state index in [9.17, 15) is 18.0 Å². The molecule has 1 saturated heterocycles. The van der Waals surface area contributed by atoms with Crippen LogP contribution in [0, 0.1) is 0 Å². The van der Waals surface area contributed by atoms with E-state index >= 15 is 0 Å². The van der Waals surface area contributed by atoms with Crippen LogP contribution < -0.4 is 10.6 Å². The Hall–Kier alpha value is -2.81. The fraction of sp³-hybridized carbons (Fsp3) is 0.630. The molecule has 41 heavy (non-hydrogen) atoms. The van der Waals surface area contributed by atoms with E-state index in [0.717, 1.165) is 6.42 Å². The third-order valence-corrected chi connectivity index (χ3v) is 13.9.